The van der Waals surface area contributed by atoms with Gasteiger partial charge in [0, 0.05) is 13.1 Å². The van der Waals surface area contributed by atoms with E-state index < -0.39 is 0 Å². The highest BCUT2D eigenvalue weighted by Crippen LogP contribution is 2.21. The maximum absolute atomic E-state index is 11.5. The van der Waals surface area contributed by atoms with Crippen molar-refractivity contribution in [3.63, 3.8) is 0 Å². The average Bonchev–Trinajstić information content (AvgIpc) is 2.17. The fourth-order valence-electron chi connectivity index (χ4n) is 1.97. The summed E-state index contributed by atoms with van der Waals surface area (Å²) in [5.74, 6) is 0.0758. The Labute approximate surface area is 92.4 Å². The van der Waals surface area contributed by atoms with E-state index >= 15 is 0 Å². The second-order valence-electron chi connectivity index (χ2n) is 4.03. The van der Waals surface area contributed by atoms with Crippen LogP contribution in [0.4, 0.5) is 0 Å². The van der Waals surface area contributed by atoms with Crippen LogP contribution >= 0.6 is 12.4 Å². The minimum Gasteiger partial charge on any atom is -0.341 e. The highest BCUT2D eigenvalue weighted by molar-refractivity contribution is 5.85. The van der Waals surface area contributed by atoms with Crippen molar-refractivity contribution in [2.45, 2.75) is 51.1 Å². The van der Waals surface area contributed by atoms with Crippen LogP contribution in [0, 0.1) is 0 Å². The molecule has 1 unspecified atom stereocenters. The summed E-state index contributed by atoms with van der Waals surface area (Å²) < 4.78 is 0. The van der Waals surface area contributed by atoms with E-state index in [9.17, 15) is 4.79 Å². The molecule has 0 heterocycles. The first kappa shape index (κ1) is 13.7. The Morgan fingerprint density at radius 1 is 1.36 bits per heavy atom. The second kappa shape index (κ2) is 6.25. The van der Waals surface area contributed by atoms with Gasteiger partial charge >= 0.3 is 0 Å². The van der Waals surface area contributed by atoms with Crippen LogP contribution in [-0.4, -0.2) is 29.9 Å². The van der Waals surface area contributed by atoms with E-state index in [1.807, 2.05) is 11.9 Å². The molecule has 2 N–H and O–H groups in total. The van der Waals surface area contributed by atoms with Crippen molar-refractivity contribution in [3.8, 4) is 0 Å². The van der Waals surface area contributed by atoms with E-state index in [1.54, 1.807) is 6.92 Å². The van der Waals surface area contributed by atoms with E-state index in [4.69, 9.17) is 5.73 Å². The van der Waals surface area contributed by atoms with Crippen LogP contribution in [0.15, 0.2) is 0 Å². The molecule has 1 atom stereocenters. The lowest BCUT2D eigenvalue weighted by Crippen LogP contribution is -2.45. The van der Waals surface area contributed by atoms with Gasteiger partial charge in [-0.3, -0.25) is 4.79 Å². The molecule has 1 aliphatic rings. The maximum Gasteiger partial charge on any atom is 0.239 e. The SMILES string of the molecule is CC(N)C(=O)N(C)C1CCCCC1.Cl. The van der Waals surface area contributed by atoms with E-state index in [-0.39, 0.29) is 24.4 Å². The van der Waals surface area contributed by atoms with E-state index in [0.29, 0.717) is 6.04 Å². The molecular formula is C10H21ClN2O. The number of likely N-dealkylation sites (N-methyl/N-ethyl adjacent to an activating group) is 1. The summed E-state index contributed by atoms with van der Waals surface area (Å²) in [7, 11) is 1.88. The molecule has 0 spiro atoms. The summed E-state index contributed by atoms with van der Waals surface area (Å²) in [6.45, 7) is 1.75. The van der Waals surface area contributed by atoms with Crippen molar-refractivity contribution in [1.82, 2.24) is 4.90 Å². The number of hydrogen-bond donors (Lipinski definition) is 1. The molecular weight excluding hydrogens is 200 g/mol. The molecule has 4 heteroatoms. The number of rotatable bonds is 2. The molecule has 1 rings (SSSR count). The zero-order valence-electron chi connectivity index (χ0n) is 9.03. The minimum atomic E-state index is -0.355. The van der Waals surface area contributed by atoms with E-state index in [2.05, 4.69) is 0 Å². The van der Waals surface area contributed by atoms with Crippen LogP contribution in [0.1, 0.15) is 39.0 Å². The molecule has 1 fully saturated rings. The number of nitrogens with zero attached hydrogens (tertiary/aromatic N) is 1. The number of halogens is 1. The smallest absolute Gasteiger partial charge is 0.239 e. The highest BCUT2D eigenvalue weighted by Gasteiger charge is 2.23. The van der Waals surface area contributed by atoms with Crippen LogP contribution in [-0.2, 0) is 4.79 Å². The molecule has 0 radical (unpaired) electrons. The monoisotopic (exact) mass is 220 g/mol. The van der Waals surface area contributed by atoms with Crippen molar-refractivity contribution in [2.24, 2.45) is 5.73 Å². The molecule has 1 amide bonds. The summed E-state index contributed by atoms with van der Waals surface area (Å²) in [5.41, 5.74) is 5.55. The quantitative estimate of drug-likeness (QED) is 0.768. The lowest BCUT2D eigenvalue weighted by molar-refractivity contribution is -0.133. The minimum absolute atomic E-state index is 0. The average molecular weight is 221 g/mol. The molecule has 0 aromatic heterocycles. The topological polar surface area (TPSA) is 46.3 Å². The molecule has 0 aliphatic heterocycles. The zero-order chi connectivity index (χ0) is 9.84. The van der Waals surface area contributed by atoms with Gasteiger partial charge in [0.2, 0.25) is 5.91 Å². The third-order valence-electron chi connectivity index (χ3n) is 2.86. The number of nitrogens with two attached hydrogens (primary N) is 1. The highest BCUT2D eigenvalue weighted by atomic mass is 35.5. The molecule has 0 saturated heterocycles. The molecule has 0 aromatic carbocycles. The predicted molar refractivity (Wildman–Crippen MR) is 60.5 cm³/mol. The number of hydrogen-bond acceptors (Lipinski definition) is 2. The number of amides is 1. The van der Waals surface area contributed by atoms with Crippen LogP contribution in [0.3, 0.4) is 0 Å². The summed E-state index contributed by atoms with van der Waals surface area (Å²) in [4.78, 5) is 13.4. The zero-order valence-corrected chi connectivity index (χ0v) is 9.85. The van der Waals surface area contributed by atoms with Gasteiger partial charge < -0.3 is 10.6 Å². The van der Waals surface area contributed by atoms with Gasteiger partial charge in [0.25, 0.3) is 0 Å². The first-order valence-corrected chi connectivity index (χ1v) is 5.15. The molecule has 0 bridgehead atoms. The molecule has 0 aromatic rings. The lowest BCUT2D eigenvalue weighted by Gasteiger charge is -2.32. The third-order valence-corrected chi connectivity index (χ3v) is 2.86. The molecule has 1 saturated carbocycles. The van der Waals surface area contributed by atoms with Crippen molar-refractivity contribution in [3.05, 3.63) is 0 Å². The van der Waals surface area contributed by atoms with E-state index in [0.717, 1.165) is 12.8 Å². The summed E-state index contributed by atoms with van der Waals surface area (Å²) in [6, 6.07) is 0.0826. The third kappa shape index (κ3) is 3.46. The van der Waals surface area contributed by atoms with Gasteiger partial charge in [-0.05, 0) is 19.8 Å². The van der Waals surface area contributed by atoms with Crippen LogP contribution in [0.5, 0.6) is 0 Å². The Morgan fingerprint density at radius 3 is 2.29 bits per heavy atom. The standard InChI is InChI=1S/C10H20N2O.ClH/c1-8(11)10(13)12(2)9-6-4-3-5-7-9;/h8-9H,3-7,11H2,1-2H3;1H. The first-order chi connectivity index (χ1) is 6.13. The normalized spacial score (nSPS) is 19.6. The van der Waals surface area contributed by atoms with Crippen molar-refractivity contribution in [2.75, 3.05) is 7.05 Å². The summed E-state index contributed by atoms with van der Waals surface area (Å²) >= 11 is 0. The van der Waals surface area contributed by atoms with E-state index in [1.165, 1.54) is 19.3 Å². The largest absolute Gasteiger partial charge is 0.341 e. The lowest BCUT2D eigenvalue weighted by atomic mass is 9.94. The van der Waals surface area contributed by atoms with Crippen molar-refractivity contribution >= 4 is 18.3 Å². The predicted octanol–water partition coefficient (Wildman–Crippen LogP) is 1.55. The molecule has 84 valence electrons. The van der Waals surface area contributed by atoms with Crippen molar-refractivity contribution in [1.29, 1.82) is 0 Å². The Morgan fingerprint density at radius 2 is 1.86 bits per heavy atom. The second-order valence-corrected chi connectivity index (χ2v) is 4.03. The molecule has 3 nitrogen and oxygen atoms in total. The van der Waals surface area contributed by atoms with Gasteiger partial charge in [0.15, 0.2) is 0 Å². The Balaban J connectivity index is 0.00000169. The summed E-state index contributed by atoms with van der Waals surface area (Å²) in [5, 5.41) is 0. The number of carbonyl (C=O) groups is 1. The Kier molecular flexibility index (Phi) is 6.12. The van der Waals surface area contributed by atoms with Crippen LogP contribution in [0.2, 0.25) is 0 Å². The van der Waals surface area contributed by atoms with Gasteiger partial charge in [0.05, 0.1) is 6.04 Å². The van der Waals surface area contributed by atoms with Gasteiger partial charge in [-0.15, -0.1) is 12.4 Å². The molecule has 1 aliphatic carbocycles. The molecule has 14 heavy (non-hydrogen) atoms. The fraction of sp³-hybridized carbons (Fsp3) is 0.900. The van der Waals surface area contributed by atoms with Gasteiger partial charge in [-0.25, -0.2) is 0 Å². The maximum atomic E-state index is 11.5. The summed E-state index contributed by atoms with van der Waals surface area (Å²) in [6.07, 6.45) is 6.11. The Hall–Kier alpha value is -0.280. The number of carbonyl (C=O) groups excluding carboxylic acids is 1. The first-order valence-electron chi connectivity index (χ1n) is 5.15. The van der Waals surface area contributed by atoms with Crippen molar-refractivity contribution < 1.29 is 4.79 Å². The Bertz CT molecular complexity index is 179. The van der Waals surface area contributed by atoms with Crippen LogP contribution < -0.4 is 5.73 Å². The fourth-order valence-corrected chi connectivity index (χ4v) is 1.97. The van der Waals surface area contributed by atoms with Crippen LogP contribution in [0.25, 0.3) is 0 Å². The van der Waals surface area contributed by atoms with Gasteiger partial charge in [0.1, 0.15) is 0 Å². The van der Waals surface area contributed by atoms with Gasteiger partial charge in [-0.1, -0.05) is 19.3 Å². The van der Waals surface area contributed by atoms with Gasteiger partial charge in [-0.2, -0.15) is 0 Å².